The Hall–Kier alpha value is -2.41. The number of halogens is 2. The Kier molecular flexibility index (Phi) is 5.34. The molecular formula is C21H24ClFN4O2. The molecule has 0 N–H and O–H groups in total. The van der Waals surface area contributed by atoms with Gasteiger partial charge in [0.1, 0.15) is 5.82 Å². The van der Waals surface area contributed by atoms with E-state index in [0.29, 0.717) is 37.5 Å². The lowest BCUT2D eigenvalue weighted by atomic mass is 9.98. The highest BCUT2D eigenvalue weighted by molar-refractivity contribution is 6.30. The summed E-state index contributed by atoms with van der Waals surface area (Å²) in [6, 6.07) is 4.32. The highest BCUT2D eigenvalue weighted by atomic mass is 35.5. The van der Waals surface area contributed by atoms with Gasteiger partial charge in [0.25, 0.3) is 0 Å². The van der Waals surface area contributed by atoms with Crippen LogP contribution < -0.4 is 4.90 Å². The molecule has 2 amide bonds. The minimum atomic E-state index is -0.497. The van der Waals surface area contributed by atoms with Crippen LogP contribution in [0.5, 0.6) is 0 Å². The van der Waals surface area contributed by atoms with Crippen LogP contribution in [0.15, 0.2) is 24.4 Å². The van der Waals surface area contributed by atoms with Gasteiger partial charge in [-0.3, -0.25) is 14.3 Å². The average molecular weight is 419 g/mol. The highest BCUT2D eigenvalue weighted by Gasteiger charge is 2.33. The Morgan fingerprint density at radius 2 is 2.14 bits per heavy atom. The molecule has 1 fully saturated rings. The van der Waals surface area contributed by atoms with Crippen LogP contribution in [0, 0.1) is 11.7 Å². The Morgan fingerprint density at radius 1 is 1.34 bits per heavy atom. The molecule has 1 aromatic carbocycles. The smallest absolute Gasteiger partial charge is 0.227 e. The number of benzene rings is 1. The van der Waals surface area contributed by atoms with E-state index in [-0.39, 0.29) is 29.3 Å². The molecule has 2 aliphatic rings. The van der Waals surface area contributed by atoms with Gasteiger partial charge in [0.15, 0.2) is 0 Å². The average Bonchev–Trinajstić information content (AvgIpc) is 3.06. The predicted octanol–water partition coefficient (Wildman–Crippen LogP) is 3.41. The summed E-state index contributed by atoms with van der Waals surface area (Å²) in [5, 5.41) is 4.47. The molecule has 0 bridgehead atoms. The molecule has 2 aliphatic heterocycles. The lowest BCUT2D eigenvalue weighted by Crippen LogP contribution is -2.46. The molecule has 2 atom stereocenters. The van der Waals surface area contributed by atoms with Gasteiger partial charge in [-0.25, -0.2) is 4.39 Å². The molecule has 8 heteroatoms. The second kappa shape index (κ2) is 7.78. The van der Waals surface area contributed by atoms with E-state index in [1.165, 1.54) is 12.1 Å². The molecule has 1 aromatic heterocycles. The number of nitrogens with zero attached hydrogens (tertiary/aromatic N) is 4. The number of carbonyl (C=O) groups excluding carboxylic acids is 2. The van der Waals surface area contributed by atoms with Crippen molar-refractivity contribution in [1.29, 1.82) is 0 Å². The largest absolute Gasteiger partial charge is 0.332 e. The van der Waals surface area contributed by atoms with Crippen LogP contribution in [-0.2, 0) is 29.1 Å². The first-order valence-corrected chi connectivity index (χ1v) is 10.3. The summed E-state index contributed by atoms with van der Waals surface area (Å²) in [4.78, 5) is 29.1. The van der Waals surface area contributed by atoms with E-state index in [1.54, 1.807) is 22.1 Å². The van der Waals surface area contributed by atoms with Crippen LogP contribution in [0.25, 0.3) is 0 Å². The number of piperidine rings is 1. The first-order valence-electron chi connectivity index (χ1n) is 9.92. The van der Waals surface area contributed by atoms with Crippen LogP contribution in [0.3, 0.4) is 0 Å². The van der Waals surface area contributed by atoms with Crippen molar-refractivity contribution in [3.63, 3.8) is 0 Å². The third-order valence-corrected chi connectivity index (χ3v) is 6.13. The maximum absolute atomic E-state index is 13.4. The van der Waals surface area contributed by atoms with Crippen LogP contribution >= 0.6 is 11.6 Å². The predicted molar refractivity (Wildman–Crippen MR) is 108 cm³/mol. The molecule has 0 radical (unpaired) electrons. The van der Waals surface area contributed by atoms with Gasteiger partial charge in [-0.1, -0.05) is 24.6 Å². The van der Waals surface area contributed by atoms with Crippen molar-refractivity contribution in [2.45, 2.75) is 52.2 Å². The molecule has 1 unspecified atom stereocenters. The van der Waals surface area contributed by atoms with Gasteiger partial charge in [0.2, 0.25) is 11.8 Å². The van der Waals surface area contributed by atoms with Gasteiger partial charge < -0.3 is 9.80 Å². The normalized spacial score (nSPS) is 22.0. The minimum absolute atomic E-state index is 0.0141. The van der Waals surface area contributed by atoms with Crippen molar-refractivity contribution in [1.82, 2.24) is 14.7 Å². The summed E-state index contributed by atoms with van der Waals surface area (Å²) in [5.74, 6) is -0.0526. The van der Waals surface area contributed by atoms with E-state index in [1.807, 2.05) is 11.6 Å². The van der Waals surface area contributed by atoms with E-state index >= 15 is 0 Å². The number of rotatable bonds is 3. The van der Waals surface area contributed by atoms with Gasteiger partial charge >= 0.3 is 0 Å². The maximum Gasteiger partial charge on any atom is 0.227 e. The first kappa shape index (κ1) is 19.9. The first-order chi connectivity index (χ1) is 13.8. The standard InChI is InChI=1S/C21H24ClFN4O2/c1-13-5-6-25(20(28)7-13)18-10-24-27-11-14(2)26(12-19(18)27)21(29)9-15-3-4-17(23)16(22)8-15/h3-4,8,10,13-14H,5-7,9,11-12H2,1-2H3/t13?,14-/m0/s1. The third-order valence-electron chi connectivity index (χ3n) is 5.84. The van der Waals surface area contributed by atoms with Crippen LogP contribution in [0.2, 0.25) is 5.02 Å². The second-order valence-electron chi connectivity index (χ2n) is 8.10. The van der Waals surface area contributed by atoms with Crippen molar-refractivity contribution >= 4 is 29.1 Å². The molecule has 1 saturated heterocycles. The summed E-state index contributed by atoms with van der Waals surface area (Å²) in [5.41, 5.74) is 2.36. The van der Waals surface area contributed by atoms with Crippen molar-refractivity contribution < 1.29 is 14.0 Å². The van der Waals surface area contributed by atoms with Crippen LogP contribution in [0.4, 0.5) is 10.1 Å². The Morgan fingerprint density at radius 3 is 2.86 bits per heavy atom. The quantitative estimate of drug-likeness (QED) is 0.767. The highest BCUT2D eigenvalue weighted by Crippen LogP contribution is 2.31. The van der Waals surface area contributed by atoms with Gasteiger partial charge in [-0.2, -0.15) is 5.10 Å². The fourth-order valence-corrected chi connectivity index (χ4v) is 4.31. The molecule has 0 spiro atoms. The number of carbonyl (C=O) groups is 2. The Balaban J connectivity index is 1.54. The van der Waals surface area contributed by atoms with E-state index in [9.17, 15) is 14.0 Å². The summed E-state index contributed by atoms with van der Waals surface area (Å²) < 4.78 is 15.3. The zero-order chi connectivity index (χ0) is 20.7. The van der Waals surface area contributed by atoms with Crippen molar-refractivity contribution in [3.05, 3.63) is 46.5 Å². The van der Waals surface area contributed by atoms with Crippen molar-refractivity contribution in [2.24, 2.45) is 5.92 Å². The van der Waals surface area contributed by atoms with E-state index in [4.69, 9.17) is 11.6 Å². The molecule has 154 valence electrons. The second-order valence-corrected chi connectivity index (χ2v) is 8.51. The van der Waals surface area contributed by atoms with E-state index in [0.717, 1.165) is 17.8 Å². The molecule has 2 aromatic rings. The minimum Gasteiger partial charge on any atom is -0.332 e. The Bertz CT molecular complexity index is 960. The van der Waals surface area contributed by atoms with Gasteiger partial charge in [0.05, 0.1) is 42.1 Å². The zero-order valence-electron chi connectivity index (χ0n) is 16.6. The summed E-state index contributed by atoms with van der Waals surface area (Å²) in [6.07, 6.45) is 3.38. The zero-order valence-corrected chi connectivity index (χ0v) is 17.3. The van der Waals surface area contributed by atoms with Gasteiger partial charge in [0, 0.05) is 19.0 Å². The Labute approximate surface area is 174 Å². The molecule has 0 saturated carbocycles. The molecule has 0 aliphatic carbocycles. The topological polar surface area (TPSA) is 58.4 Å². The molecular weight excluding hydrogens is 395 g/mol. The number of anilines is 1. The number of hydrogen-bond acceptors (Lipinski definition) is 3. The fourth-order valence-electron chi connectivity index (χ4n) is 4.11. The monoisotopic (exact) mass is 418 g/mol. The maximum atomic E-state index is 13.4. The lowest BCUT2D eigenvalue weighted by molar-refractivity contribution is -0.134. The number of amides is 2. The van der Waals surface area contributed by atoms with Crippen molar-refractivity contribution in [2.75, 3.05) is 11.4 Å². The fraction of sp³-hybridized carbons (Fsp3) is 0.476. The summed E-state index contributed by atoms with van der Waals surface area (Å²) >= 11 is 5.85. The molecule has 3 heterocycles. The molecule has 4 rings (SSSR count). The molecule has 29 heavy (non-hydrogen) atoms. The van der Waals surface area contributed by atoms with E-state index in [2.05, 4.69) is 12.0 Å². The number of aromatic nitrogens is 2. The van der Waals surface area contributed by atoms with Gasteiger partial charge in [-0.05, 0) is 37.0 Å². The van der Waals surface area contributed by atoms with Crippen molar-refractivity contribution in [3.8, 4) is 0 Å². The third kappa shape index (κ3) is 3.88. The van der Waals surface area contributed by atoms with Gasteiger partial charge in [-0.15, -0.1) is 0 Å². The summed E-state index contributed by atoms with van der Waals surface area (Å²) in [6.45, 7) is 5.71. The number of hydrogen-bond donors (Lipinski definition) is 0. The lowest BCUT2D eigenvalue weighted by Gasteiger charge is -2.36. The van der Waals surface area contributed by atoms with E-state index < -0.39 is 5.82 Å². The van der Waals surface area contributed by atoms with Crippen LogP contribution in [0.1, 0.15) is 37.9 Å². The van der Waals surface area contributed by atoms with Crippen LogP contribution in [-0.4, -0.2) is 39.1 Å². The number of fused-ring (bicyclic) bond motifs is 1. The molecule has 6 nitrogen and oxygen atoms in total. The SMILES string of the molecule is CC1CCN(c2cnn3c2CN(C(=O)Cc2ccc(F)c(Cl)c2)[C@@H](C)C3)C(=O)C1. The summed E-state index contributed by atoms with van der Waals surface area (Å²) in [7, 11) is 0.